The van der Waals surface area contributed by atoms with Gasteiger partial charge in [-0.15, -0.1) is 0 Å². The van der Waals surface area contributed by atoms with Gasteiger partial charge in [0.15, 0.2) is 0 Å². The van der Waals surface area contributed by atoms with Crippen LogP contribution in [0.4, 0.5) is 0 Å². The van der Waals surface area contributed by atoms with Crippen LogP contribution in [-0.4, -0.2) is 6.10 Å². The van der Waals surface area contributed by atoms with E-state index in [2.05, 4.69) is 133 Å². The molecule has 0 radical (unpaired) electrons. The molecule has 3 heterocycles. The highest BCUT2D eigenvalue weighted by Gasteiger charge is 2.38. The van der Waals surface area contributed by atoms with E-state index in [4.69, 9.17) is 13.6 Å². The fourth-order valence-electron chi connectivity index (χ4n) is 8.37. The van der Waals surface area contributed by atoms with Crippen molar-refractivity contribution >= 4 is 54.5 Å². The Bertz CT molecular complexity index is 2810. The third kappa shape index (κ3) is 3.78. The monoisotopic (exact) mass is 628 g/mol. The fourth-order valence-corrected chi connectivity index (χ4v) is 8.37. The van der Waals surface area contributed by atoms with E-state index >= 15 is 0 Å². The van der Waals surface area contributed by atoms with Crippen LogP contribution in [0.5, 0.6) is 5.75 Å². The molecular weight excluding hydrogens is 601 g/mol. The molecule has 0 N–H and O–H groups in total. The molecule has 2 aromatic heterocycles. The predicted octanol–water partition coefficient (Wildman–Crippen LogP) is 12.6. The van der Waals surface area contributed by atoms with E-state index in [0.717, 1.165) is 60.9 Å². The van der Waals surface area contributed by atoms with E-state index in [-0.39, 0.29) is 12.0 Å². The molecule has 1 aliphatic heterocycles. The van der Waals surface area contributed by atoms with Gasteiger partial charge in [0.25, 0.3) is 0 Å². The molecule has 2 atom stereocenters. The number of rotatable bonds is 3. The van der Waals surface area contributed by atoms with Gasteiger partial charge in [0.2, 0.25) is 0 Å². The van der Waals surface area contributed by atoms with Crippen molar-refractivity contribution in [2.24, 2.45) is 0 Å². The number of fused-ring (bicyclic) bond motifs is 9. The number of para-hydroxylation sites is 1. The van der Waals surface area contributed by atoms with Gasteiger partial charge < -0.3 is 13.6 Å². The van der Waals surface area contributed by atoms with Crippen molar-refractivity contribution in [1.82, 2.24) is 0 Å². The maximum Gasteiger partial charge on any atom is 0.142 e. The smallest absolute Gasteiger partial charge is 0.142 e. The maximum atomic E-state index is 6.73. The van der Waals surface area contributed by atoms with Crippen LogP contribution in [0.1, 0.15) is 11.5 Å². The summed E-state index contributed by atoms with van der Waals surface area (Å²) < 4.78 is 19.8. The van der Waals surface area contributed by atoms with Crippen LogP contribution in [0.25, 0.3) is 87.8 Å². The lowest BCUT2D eigenvalue weighted by Crippen LogP contribution is -2.15. The third-order valence-electron chi connectivity index (χ3n) is 10.5. The number of hydrogen-bond acceptors (Lipinski definition) is 3. The zero-order chi connectivity index (χ0) is 32.1. The standard InChI is InChI=1S/C46H28O3/c1-2-12-27(13-3-1)37-26-47-46-36(37)25-41-44(35-19-9-11-21-39(35)49-41)45(46)43-33-17-6-4-15-31(33)42(32-16-5-7-18-34(32)43)28-22-23-30-29-14-8-10-20-38(29)48-40(30)24-28/h1-26,35,39H. The van der Waals surface area contributed by atoms with Crippen LogP contribution >= 0.6 is 0 Å². The van der Waals surface area contributed by atoms with Gasteiger partial charge in [-0.05, 0) is 68.6 Å². The van der Waals surface area contributed by atoms with Crippen LogP contribution in [0.15, 0.2) is 167 Å². The zero-order valence-electron chi connectivity index (χ0n) is 26.4. The Hall–Kier alpha value is -6.32. The Labute approximate surface area is 282 Å². The summed E-state index contributed by atoms with van der Waals surface area (Å²) in [5.41, 5.74) is 10.6. The predicted molar refractivity (Wildman–Crippen MR) is 200 cm³/mol. The lowest BCUT2D eigenvalue weighted by atomic mass is 9.80. The molecule has 0 saturated carbocycles. The fraction of sp³-hybridized carbons (Fsp3) is 0.0435. The summed E-state index contributed by atoms with van der Waals surface area (Å²) in [5, 5.41) is 8.03. The summed E-state index contributed by atoms with van der Waals surface area (Å²) >= 11 is 0. The Kier molecular flexibility index (Phi) is 5.50. The normalized spacial score (nSPS) is 16.6. The molecule has 0 bridgehead atoms. The van der Waals surface area contributed by atoms with Gasteiger partial charge in [-0.3, -0.25) is 0 Å². The summed E-state index contributed by atoms with van der Waals surface area (Å²) in [7, 11) is 0. The summed E-state index contributed by atoms with van der Waals surface area (Å²) in [6.07, 6.45) is 10.5. The van der Waals surface area contributed by atoms with Crippen LogP contribution < -0.4 is 4.74 Å². The minimum Gasteiger partial charge on any atom is -0.485 e. The van der Waals surface area contributed by atoms with E-state index in [1.807, 2.05) is 24.5 Å². The van der Waals surface area contributed by atoms with Crippen molar-refractivity contribution < 1.29 is 13.6 Å². The highest BCUT2D eigenvalue weighted by molar-refractivity contribution is 6.24. The number of furan rings is 2. The molecule has 3 heteroatoms. The number of hydrogen-bond donors (Lipinski definition) is 0. The maximum absolute atomic E-state index is 6.73. The van der Waals surface area contributed by atoms with Gasteiger partial charge in [0, 0.05) is 44.3 Å². The molecule has 9 aromatic rings. The summed E-state index contributed by atoms with van der Waals surface area (Å²) in [5.74, 6) is 0.997. The van der Waals surface area contributed by atoms with E-state index in [1.165, 1.54) is 38.2 Å². The average molecular weight is 629 g/mol. The van der Waals surface area contributed by atoms with Crippen LogP contribution in [0.2, 0.25) is 0 Å². The average Bonchev–Trinajstić information content (AvgIpc) is 3.86. The van der Waals surface area contributed by atoms with E-state index in [0.29, 0.717) is 0 Å². The van der Waals surface area contributed by atoms with E-state index in [9.17, 15) is 0 Å². The van der Waals surface area contributed by atoms with Gasteiger partial charge in [-0.2, -0.15) is 0 Å². The molecule has 49 heavy (non-hydrogen) atoms. The quantitative estimate of drug-likeness (QED) is 0.183. The molecule has 0 saturated heterocycles. The molecule has 0 amide bonds. The third-order valence-corrected chi connectivity index (χ3v) is 10.5. The second-order valence-corrected chi connectivity index (χ2v) is 13.1. The van der Waals surface area contributed by atoms with Crippen LogP contribution in [-0.2, 0) is 0 Å². The van der Waals surface area contributed by atoms with Gasteiger partial charge in [0.1, 0.15) is 28.6 Å². The number of benzene rings is 7. The summed E-state index contributed by atoms with van der Waals surface area (Å²) in [6.45, 7) is 0. The minimum atomic E-state index is -0.0576. The van der Waals surface area contributed by atoms with Gasteiger partial charge in [-0.1, -0.05) is 121 Å². The second-order valence-electron chi connectivity index (χ2n) is 13.1. The molecule has 1 aliphatic carbocycles. The Morgan fingerprint density at radius 1 is 0.469 bits per heavy atom. The molecule has 7 aromatic carbocycles. The van der Waals surface area contributed by atoms with Crippen molar-refractivity contribution in [1.29, 1.82) is 0 Å². The first-order valence-corrected chi connectivity index (χ1v) is 16.8. The SMILES string of the molecule is C1=CC2Oc3cc4c(-c5ccccc5)coc4c(-c4c5ccccc5c(-c5ccc6c(c5)oc5ccccc56)c5ccccc45)c3C2C=C1. The second kappa shape index (κ2) is 10.1. The molecule has 0 spiro atoms. The Balaban J connectivity index is 1.26. The highest BCUT2D eigenvalue weighted by atomic mass is 16.5. The number of ether oxygens (including phenoxy) is 1. The lowest BCUT2D eigenvalue weighted by Gasteiger charge is -2.21. The van der Waals surface area contributed by atoms with Crippen LogP contribution in [0, 0.1) is 0 Å². The van der Waals surface area contributed by atoms with Gasteiger partial charge >= 0.3 is 0 Å². The van der Waals surface area contributed by atoms with Gasteiger partial charge in [0.05, 0.1) is 6.26 Å². The number of allylic oxidation sites excluding steroid dienone is 2. The molecular formula is C46H28O3. The van der Waals surface area contributed by atoms with Crippen molar-refractivity contribution in [3.63, 3.8) is 0 Å². The summed E-state index contributed by atoms with van der Waals surface area (Å²) in [6, 6.07) is 45.2. The van der Waals surface area contributed by atoms with Crippen molar-refractivity contribution in [3.05, 3.63) is 164 Å². The molecule has 3 nitrogen and oxygen atoms in total. The molecule has 2 aliphatic rings. The van der Waals surface area contributed by atoms with Crippen molar-refractivity contribution in [2.45, 2.75) is 12.0 Å². The van der Waals surface area contributed by atoms with E-state index < -0.39 is 0 Å². The first-order valence-electron chi connectivity index (χ1n) is 16.8. The first kappa shape index (κ1) is 26.7. The Morgan fingerprint density at radius 3 is 1.90 bits per heavy atom. The molecule has 0 fully saturated rings. The Morgan fingerprint density at radius 2 is 1.12 bits per heavy atom. The molecule has 2 unspecified atom stereocenters. The molecule has 11 rings (SSSR count). The van der Waals surface area contributed by atoms with E-state index in [1.54, 1.807) is 0 Å². The summed E-state index contributed by atoms with van der Waals surface area (Å²) in [4.78, 5) is 0. The molecule has 230 valence electrons. The van der Waals surface area contributed by atoms with Crippen molar-refractivity contribution in [3.8, 4) is 39.1 Å². The first-order chi connectivity index (χ1) is 24.3. The minimum absolute atomic E-state index is 0.0576. The topological polar surface area (TPSA) is 35.5 Å². The van der Waals surface area contributed by atoms with Crippen molar-refractivity contribution in [2.75, 3.05) is 0 Å². The van der Waals surface area contributed by atoms with Gasteiger partial charge in [-0.25, -0.2) is 0 Å². The largest absolute Gasteiger partial charge is 0.485 e. The zero-order valence-corrected chi connectivity index (χ0v) is 26.4. The highest BCUT2D eigenvalue weighted by Crippen LogP contribution is 2.55. The lowest BCUT2D eigenvalue weighted by molar-refractivity contribution is 0.269. The van der Waals surface area contributed by atoms with Crippen LogP contribution in [0.3, 0.4) is 0 Å².